The van der Waals surface area contributed by atoms with E-state index in [-0.39, 0.29) is 11.7 Å². The van der Waals surface area contributed by atoms with Crippen molar-refractivity contribution in [3.63, 3.8) is 0 Å². The smallest absolute Gasteiger partial charge is 0.339 e. The number of hydrogen-bond acceptors (Lipinski definition) is 5. The lowest BCUT2D eigenvalue weighted by atomic mass is 10.2. The Morgan fingerprint density at radius 2 is 2.29 bits per heavy atom. The molecule has 1 heterocycles. The van der Waals surface area contributed by atoms with Crippen LogP contribution < -0.4 is 0 Å². The number of carbonyl (C=O) groups is 1. The Balaban J connectivity index is 2.64. The molecule has 0 saturated carbocycles. The highest BCUT2D eigenvalue weighted by atomic mass is 16.4. The van der Waals surface area contributed by atoms with E-state index >= 15 is 0 Å². The number of rotatable bonds is 6. The lowest BCUT2D eigenvalue weighted by molar-refractivity contribution is 0.0693. The van der Waals surface area contributed by atoms with Crippen LogP contribution in [0.3, 0.4) is 0 Å². The summed E-state index contributed by atoms with van der Waals surface area (Å²) >= 11 is 0. The van der Waals surface area contributed by atoms with Gasteiger partial charge in [0, 0.05) is 19.3 Å². The first-order valence-electron chi connectivity index (χ1n) is 5.39. The zero-order valence-corrected chi connectivity index (χ0v) is 10.00. The third-order valence-corrected chi connectivity index (χ3v) is 2.37. The molecule has 0 aromatic carbocycles. The van der Waals surface area contributed by atoms with Gasteiger partial charge in [-0.15, -0.1) is 0 Å². The van der Waals surface area contributed by atoms with Crippen molar-refractivity contribution in [3.05, 3.63) is 23.8 Å². The van der Waals surface area contributed by atoms with Gasteiger partial charge in [0.15, 0.2) is 0 Å². The molecule has 2 N–H and O–H groups in total. The number of aromatic carboxylic acids is 1. The number of nitrogens with zero attached hydrogens (tertiary/aromatic N) is 3. The van der Waals surface area contributed by atoms with E-state index in [9.17, 15) is 4.79 Å². The molecule has 0 radical (unpaired) electrons. The van der Waals surface area contributed by atoms with Crippen molar-refractivity contribution in [2.75, 3.05) is 13.6 Å². The molecule has 17 heavy (non-hydrogen) atoms. The summed E-state index contributed by atoms with van der Waals surface area (Å²) < 4.78 is 0. The summed E-state index contributed by atoms with van der Waals surface area (Å²) in [6.45, 7) is 2.83. The zero-order chi connectivity index (χ0) is 12.8. The summed E-state index contributed by atoms with van der Waals surface area (Å²) in [6.07, 6.45) is 2.92. The number of aromatic nitrogens is 2. The van der Waals surface area contributed by atoms with Crippen LogP contribution in [0, 0.1) is 0 Å². The molecule has 1 unspecified atom stereocenters. The van der Waals surface area contributed by atoms with Gasteiger partial charge in [-0.3, -0.25) is 0 Å². The summed E-state index contributed by atoms with van der Waals surface area (Å²) in [4.78, 5) is 20.5. The fraction of sp³-hybridized carbons (Fsp3) is 0.545. The second-order valence-electron chi connectivity index (χ2n) is 4.06. The van der Waals surface area contributed by atoms with Crippen molar-refractivity contribution in [1.82, 2.24) is 14.9 Å². The number of carboxylic acid groups (broad SMARTS) is 1. The van der Waals surface area contributed by atoms with Gasteiger partial charge in [0.2, 0.25) is 0 Å². The minimum Gasteiger partial charge on any atom is -0.478 e. The number of carboxylic acids is 1. The fourth-order valence-electron chi connectivity index (χ4n) is 1.40. The molecule has 6 nitrogen and oxygen atoms in total. The van der Waals surface area contributed by atoms with Crippen LogP contribution in [0.1, 0.15) is 29.4 Å². The molecule has 1 rings (SSSR count). The van der Waals surface area contributed by atoms with Crippen LogP contribution in [0.2, 0.25) is 0 Å². The van der Waals surface area contributed by atoms with Crippen LogP contribution in [0.4, 0.5) is 0 Å². The summed E-state index contributed by atoms with van der Waals surface area (Å²) in [5.74, 6) is -1.02. The van der Waals surface area contributed by atoms with Crippen molar-refractivity contribution in [2.45, 2.75) is 26.0 Å². The number of aliphatic hydroxyl groups excluding tert-OH is 1. The van der Waals surface area contributed by atoms with Gasteiger partial charge >= 0.3 is 5.97 Å². The molecule has 94 valence electrons. The first-order chi connectivity index (χ1) is 8.00. The van der Waals surface area contributed by atoms with E-state index in [2.05, 4.69) is 9.97 Å². The van der Waals surface area contributed by atoms with Gasteiger partial charge < -0.3 is 15.1 Å². The molecule has 1 aromatic rings. The highest BCUT2D eigenvalue weighted by molar-refractivity contribution is 5.88. The minimum atomic E-state index is -1.02. The Kier molecular flexibility index (Phi) is 4.99. The topological polar surface area (TPSA) is 86.5 Å². The molecular weight excluding hydrogens is 222 g/mol. The summed E-state index contributed by atoms with van der Waals surface area (Å²) in [7, 11) is 1.86. The van der Waals surface area contributed by atoms with Gasteiger partial charge in [0.25, 0.3) is 0 Å². The first-order valence-corrected chi connectivity index (χ1v) is 5.39. The third-order valence-electron chi connectivity index (χ3n) is 2.37. The first kappa shape index (κ1) is 13.5. The Morgan fingerprint density at radius 1 is 1.59 bits per heavy atom. The quantitative estimate of drug-likeness (QED) is 0.746. The summed E-state index contributed by atoms with van der Waals surface area (Å²) in [5.41, 5.74) is 0.608. The lowest BCUT2D eigenvalue weighted by Gasteiger charge is -2.17. The highest BCUT2D eigenvalue weighted by Gasteiger charge is 2.13. The van der Waals surface area contributed by atoms with Crippen molar-refractivity contribution in [3.8, 4) is 0 Å². The van der Waals surface area contributed by atoms with Gasteiger partial charge in [0.1, 0.15) is 11.9 Å². The van der Waals surface area contributed by atoms with Crippen molar-refractivity contribution in [2.24, 2.45) is 0 Å². The van der Waals surface area contributed by atoms with E-state index < -0.39 is 5.97 Å². The van der Waals surface area contributed by atoms with E-state index in [0.29, 0.717) is 25.2 Å². The monoisotopic (exact) mass is 239 g/mol. The zero-order valence-electron chi connectivity index (χ0n) is 10.00. The number of aliphatic hydroxyl groups is 1. The third kappa shape index (κ3) is 4.46. The van der Waals surface area contributed by atoms with Gasteiger partial charge in [-0.25, -0.2) is 14.8 Å². The average Bonchev–Trinajstić information content (AvgIpc) is 2.27. The van der Waals surface area contributed by atoms with Crippen LogP contribution in [0.25, 0.3) is 0 Å². The molecule has 0 saturated heterocycles. The number of hydrogen-bond donors (Lipinski definition) is 2. The molecule has 0 spiro atoms. The minimum absolute atomic E-state index is 0.122. The van der Waals surface area contributed by atoms with Crippen LogP contribution in [0.5, 0.6) is 0 Å². The maximum atomic E-state index is 10.9. The van der Waals surface area contributed by atoms with Crippen LogP contribution >= 0.6 is 0 Å². The Hall–Kier alpha value is -1.53. The standard InChI is InChI=1S/C11H17N3O3/c1-8(15)3-4-14(2)6-10-9(11(16)17)5-12-7-13-10/h5,7-8,15H,3-4,6H2,1-2H3,(H,16,17). The van der Waals surface area contributed by atoms with E-state index in [1.54, 1.807) is 6.92 Å². The van der Waals surface area contributed by atoms with Crippen LogP contribution in [-0.4, -0.2) is 50.7 Å². The molecule has 0 aliphatic carbocycles. The molecule has 0 aliphatic heterocycles. The fourth-order valence-corrected chi connectivity index (χ4v) is 1.40. The molecule has 1 atom stereocenters. The molecule has 0 fully saturated rings. The van der Waals surface area contributed by atoms with Gasteiger partial charge in [0.05, 0.1) is 11.8 Å². The predicted octanol–water partition coefficient (Wildman–Crippen LogP) is 0.377. The summed E-state index contributed by atoms with van der Waals surface area (Å²) in [6, 6.07) is 0. The molecule has 0 amide bonds. The normalized spacial score (nSPS) is 12.7. The van der Waals surface area contributed by atoms with Crippen LogP contribution in [-0.2, 0) is 6.54 Å². The average molecular weight is 239 g/mol. The summed E-state index contributed by atoms with van der Waals surface area (Å²) in [5, 5.41) is 18.1. The molecule has 0 aliphatic rings. The van der Waals surface area contributed by atoms with E-state index in [0.717, 1.165) is 0 Å². The van der Waals surface area contributed by atoms with Crippen LogP contribution in [0.15, 0.2) is 12.5 Å². The molecular formula is C11H17N3O3. The van der Waals surface area contributed by atoms with E-state index in [4.69, 9.17) is 10.2 Å². The molecule has 1 aromatic heterocycles. The lowest BCUT2D eigenvalue weighted by Crippen LogP contribution is -2.24. The maximum Gasteiger partial charge on any atom is 0.339 e. The Morgan fingerprint density at radius 3 is 2.88 bits per heavy atom. The van der Waals surface area contributed by atoms with Gasteiger partial charge in [-0.05, 0) is 20.4 Å². The molecule has 6 heteroatoms. The molecule has 0 bridgehead atoms. The Labute approximate surface area is 99.9 Å². The van der Waals surface area contributed by atoms with Gasteiger partial charge in [-0.1, -0.05) is 0 Å². The largest absolute Gasteiger partial charge is 0.478 e. The highest BCUT2D eigenvalue weighted by Crippen LogP contribution is 2.07. The Bertz CT molecular complexity index is 382. The maximum absolute atomic E-state index is 10.9. The van der Waals surface area contributed by atoms with Gasteiger partial charge in [-0.2, -0.15) is 0 Å². The predicted molar refractivity (Wildman–Crippen MR) is 61.6 cm³/mol. The van der Waals surface area contributed by atoms with Crippen molar-refractivity contribution in [1.29, 1.82) is 0 Å². The second-order valence-corrected chi connectivity index (χ2v) is 4.06. The van der Waals surface area contributed by atoms with E-state index in [1.807, 2.05) is 11.9 Å². The van der Waals surface area contributed by atoms with E-state index in [1.165, 1.54) is 12.5 Å². The van der Waals surface area contributed by atoms with Crippen molar-refractivity contribution < 1.29 is 15.0 Å². The van der Waals surface area contributed by atoms with Crippen molar-refractivity contribution >= 4 is 5.97 Å². The second kappa shape index (κ2) is 6.27. The SMILES string of the molecule is CC(O)CCN(C)Cc1ncncc1C(=O)O.